The Kier molecular flexibility index (Phi) is 2.77. The summed E-state index contributed by atoms with van der Waals surface area (Å²) >= 11 is 0. The Hall–Kier alpha value is -0.570. The van der Waals surface area contributed by atoms with Crippen molar-refractivity contribution in [2.75, 3.05) is 13.1 Å². The number of aliphatic carboxylic acids is 1. The minimum absolute atomic E-state index is 0.360. The van der Waals surface area contributed by atoms with Gasteiger partial charge in [-0.2, -0.15) is 0 Å². The third-order valence-electron chi connectivity index (χ3n) is 3.63. The first kappa shape index (κ1) is 9.97. The fourth-order valence-electron chi connectivity index (χ4n) is 2.79. The molecule has 0 aromatic rings. The van der Waals surface area contributed by atoms with Crippen molar-refractivity contribution in [1.29, 1.82) is 0 Å². The zero-order valence-corrected chi connectivity index (χ0v) is 8.78. The number of hydrogen-bond acceptors (Lipinski definition) is 2. The van der Waals surface area contributed by atoms with Gasteiger partial charge in [-0.05, 0) is 31.1 Å². The number of carboxylic acids is 1. The van der Waals surface area contributed by atoms with Crippen LogP contribution in [0.15, 0.2) is 0 Å². The van der Waals surface area contributed by atoms with E-state index < -0.39 is 5.97 Å². The molecule has 1 N–H and O–H groups in total. The van der Waals surface area contributed by atoms with Gasteiger partial charge < -0.3 is 5.11 Å². The van der Waals surface area contributed by atoms with E-state index in [1.807, 2.05) is 0 Å². The summed E-state index contributed by atoms with van der Waals surface area (Å²) in [5.41, 5.74) is 0. The second-order valence-corrected chi connectivity index (χ2v) is 4.99. The molecule has 2 atom stereocenters. The molecular weight excluding hydrogens is 178 g/mol. The minimum Gasteiger partial charge on any atom is -0.481 e. The number of carboxylic acid groups (broad SMARTS) is 1. The first-order valence-corrected chi connectivity index (χ1v) is 5.61. The quantitative estimate of drug-likeness (QED) is 0.746. The van der Waals surface area contributed by atoms with Gasteiger partial charge in [-0.25, -0.2) is 0 Å². The highest BCUT2D eigenvalue weighted by molar-refractivity contribution is 5.67. The summed E-state index contributed by atoms with van der Waals surface area (Å²) in [6.07, 6.45) is 4.35. The smallest absolute Gasteiger partial charge is 0.303 e. The molecule has 1 aliphatic carbocycles. The third kappa shape index (κ3) is 2.08. The molecular formula is C11H19NO2. The largest absolute Gasteiger partial charge is 0.481 e. The number of nitrogens with zero attached hydrogens (tertiary/aromatic N) is 1. The van der Waals surface area contributed by atoms with E-state index in [0.717, 1.165) is 25.0 Å². The zero-order chi connectivity index (χ0) is 10.1. The Bertz CT molecular complexity index is 223. The van der Waals surface area contributed by atoms with E-state index in [0.29, 0.717) is 12.3 Å². The molecule has 2 rings (SSSR count). The predicted octanol–water partition coefficient (Wildman–Crippen LogP) is 1.58. The molecule has 1 heterocycles. The van der Waals surface area contributed by atoms with Gasteiger partial charge in [-0.1, -0.05) is 6.92 Å². The number of hydrogen-bond donors (Lipinski definition) is 1. The summed E-state index contributed by atoms with van der Waals surface area (Å²) in [7, 11) is 0. The Morgan fingerprint density at radius 1 is 1.43 bits per heavy atom. The van der Waals surface area contributed by atoms with Crippen LogP contribution in [0.2, 0.25) is 0 Å². The zero-order valence-electron chi connectivity index (χ0n) is 8.78. The summed E-state index contributed by atoms with van der Waals surface area (Å²) in [4.78, 5) is 12.9. The van der Waals surface area contributed by atoms with Gasteiger partial charge in [0.15, 0.2) is 0 Å². The highest BCUT2D eigenvalue weighted by Gasteiger charge is 2.36. The molecule has 0 radical (unpaired) electrons. The molecule has 0 amide bonds. The molecule has 2 aliphatic rings. The molecule has 2 unspecified atom stereocenters. The number of rotatable bonds is 3. The Morgan fingerprint density at radius 3 is 2.64 bits per heavy atom. The standard InChI is InChI=1S/C11H19NO2/c1-8-2-3-10(4-8)12-6-9(7-12)5-11(13)14/h8-10H,2-7H2,1H3,(H,13,14). The van der Waals surface area contributed by atoms with E-state index in [4.69, 9.17) is 5.11 Å². The van der Waals surface area contributed by atoms with Crippen molar-refractivity contribution in [2.24, 2.45) is 11.8 Å². The van der Waals surface area contributed by atoms with Gasteiger partial charge in [0.1, 0.15) is 0 Å². The normalized spacial score (nSPS) is 34.4. The van der Waals surface area contributed by atoms with Gasteiger partial charge in [-0.3, -0.25) is 9.69 Å². The van der Waals surface area contributed by atoms with Crippen LogP contribution in [0.1, 0.15) is 32.6 Å². The second-order valence-electron chi connectivity index (χ2n) is 4.99. The first-order chi connectivity index (χ1) is 6.65. The van der Waals surface area contributed by atoms with Crippen molar-refractivity contribution in [3.05, 3.63) is 0 Å². The highest BCUT2D eigenvalue weighted by Crippen LogP contribution is 2.33. The Balaban J connectivity index is 1.70. The number of likely N-dealkylation sites (tertiary alicyclic amines) is 1. The van der Waals surface area contributed by atoms with E-state index in [9.17, 15) is 4.79 Å². The SMILES string of the molecule is CC1CCC(N2CC(CC(=O)O)C2)C1. The molecule has 0 bridgehead atoms. The van der Waals surface area contributed by atoms with E-state index in [2.05, 4.69) is 11.8 Å². The maximum absolute atomic E-state index is 10.5. The van der Waals surface area contributed by atoms with Crippen molar-refractivity contribution >= 4 is 5.97 Å². The van der Waals surface area contributed by atoms with Gasteiger partial charge in [0.25, 0.3) is 0 Å². The lowest BCUT2D eigenvalue weighted by molar-refractivity contribution is -0.139. The Labute approximate surface area is 85.1 Å². The van der Waals surface area contributed by atoms with Crippen molar-refractivity contribution in [2.45, 2.75) is 38.6 Å². The van der Waals surface area contributed by atoms with E-state index in [1.165, 1.54) is 19.3 Å². The molecule has 2 fully saturated rings. The molecule has 14 heavy (non-hydrogen) atoms. The van der Waals surface area contributed by atoms with Crippen LogP contribution in [0.3, 0.4) is 0 Å². The van der Waals surface area contributed by atoms with Crippen LogP contribution >= 0.6 is 0 Å². The fourth-order valence-corrected chi connectivity index (χ4v) is 2.79. The summed E-state index contributed by atoms with van der Waals surface area (Å²) in [6.45, 7) is 4.35. The van der Waals surface area contributed by atoms with Crippen LogP contribution in [0.5, 0.6) is 0 Å². The summed E-state index contributed by atoms with van der Waals surface area (Å²) in [5.74, 6) is 0.649. The predicted molar refractivity (Wildman–Crippen MR) is 54.1 cm³/mol. The monoisotopic (exact) mass is 197 g/mol. The summed E-state index contributed by atoms with van der Waals surface area (Å²) < 4.78 is 0. The third-order valence-corrected chi connectivity index (χ3v) is 3.63. The first-order valence-electron chi connectivity index (χ1n) is 5.61. The molecule has 0 spiro atoms. The average Bonchev–Trinajstić information content (AvgIpc) is 2.42. The molecule has 0 aromatic heterocycles. The molecule has 1 saturated carbocycles. The minimum atomic E-state index is -0.644. The molecule has 3 nitrogen and oxygen atoms in total. The fraction of sp³-hybridized carbons (Fsp3) is 0.909. The van der Waals surface area contributed by atoms with Crippen LogP contribution in [-0.4, -0.2) is 35.1 Å². The lowest BCUT2D eigenvalue weighted by atomic mass is 9.93. The maximum atomic E-state index is 10.5. The molecule has 1 saturated heterocycles. The topological polar surface area (TPSA) is 40.5 Å². The molecule has 3 heteroatoms. The molecule has 1 aliphatic heterocycles. The second kappa shape index (κ2) is 3.89. The van der Waals surface area contributed by atoms with Gasteiger partial charge in [0.2, 0.25) is 0 Å². The van der Waals surface area contributed by atoms with Crippen LogP contribution in [0, 0.1) is 11.8 Å². The van der Waals surface area contributed by atoms with Crippen LogP contribution in [0.4, 0.5) is 0 Å². The van der Waals surface area contributed by atoms with Crippen LogP contribution in [-0.2, 0) is 4.79 Å². The highest BCUT2D eigenvalue weighted by atomic mass is 16.4. The lowest BCUT2D eigenvalue weighted by Crippen LogP contribution is -2.51. The molecule has 0 aromatic carbocycles. The lowest BCUT2D eigenvalue weighted by Gasteiger charge is -2.42. The van der Waals surface area contributed by atoms with E-state index in [-0.39, 0.29) is 0 Å². The van der Waals surface area contributed by atoms with Crippen LogP contribution in [0.25, 0.3) is 0 Å². The summed E-state index contributed by atoms with van der Waals surface area (Å²) in [6, 6.07) is 0.759. The van der Waals surface area contributed by atoms with E-state index >= 15 is 0 Å². The van der Waals surface area contributed by atoms with Gasteiger partial charge in [-0.15, -0.1) is 0 Å². The average molecular weight is 197 g/mol. The van der Waals surface area contributed by atoms with Crippen molar-refractivity contribution in [1.82, 2.24) is 4.90 Å². The van der Waals surface area contributed by atoms with Gasteiger partial charge in [0.05, 0.1) is 6.42 Å². The van der Waals surface area contributed by atoms with Crippen molar-refractivity contribution in [3.8, 4) is 0 Å². The van der Waals surface area contributed by atoms with Crippen molar-refractivity contribution < 1.29 is 9.90 Å². The Morgan fingerprint density at radius 2 is 2.14 bits per heavy atom. The van der Waals surface area contributed by atoms with Gasteiger partial charge in [0, 0.05) is 19.1 Å². The van der Waals surface area contributed by atoms with Gasteiger partial charge >= 0.3 is 5.97 Å². The van der Waals surface area contributed by atoms with Crippen molar-refractivity contribution in [3.63, 3.8) is 0 Å². The summed E-state index contributed by atoms with van der Waals surface area (Å²) in [5, 5.41) is 8.62. The van der Waals surface area contributed by atoms with E-state index in [1.54, 1.807) is 0 Å². The number of carbonyl (C=O) groups is 1. The van der Waals surface area contributed by atoms with Crippen LogP contribution < -0.4 is 0 Å². The maximum Gasteiger partial charge on any atom is 0.303 e. The molecule has 80 valence electrons.